The van der Waals surface area contributed by atoms with Crippen molar-refractivity contribution < 1.29 is 19.1 Å². The van der Waals surface area contributed by atoms with Gasteiger partial charge in [-0.05, 0) is 87.9 Å². The number of ether oxygens (including phenoxy) is 1. The average Bonchev–Trinajstić information content (AvgIpc) is 3.16. The zero-order valence-corrected chi connectivity index (χ0v) is 24.1. The smallest absolute Gasteiger partial charge is 0.349 e. The van der Waals surface area contributed by atoms with Gasteiger partial charge in [-0.1, -0.05) is 23.2 Å². The van der Waals surface area contributed by atoms with E-state index in [-0.39, 0.29) is 28.7 Å². The molecular formula is C26H29Cl3N6O4. The highest BCUT2D eigenvalue weighted by molar-refractivity contribution is 6.43. The van der Waals surface area contributed by atoms with Crippen LogP contribution in [-0.2, 0) is 19.1 Å². The van der Waals surface area contributed by atoms with Gasteiger partial charge in [0.1, 0.15) is 5.03 Å². The first-order chi connectivity index (χ1) is 18.7. The number of nitrogens with one attached hydrogen (secondary N) is 2. The highest BCUT2D eigenvalue weighted by Gasteiger charge is 2.39. The second-order valence-electron chi connectivity index (χ2n) is 8.34. The van der Waals surface area contributed by atoms with Crippen molar-refractivity contribution in [2.75, 3.05) is 35.2 Å². The maximum Gasteiger partial charge on any atom is 0.349 e. The van der Waals surface area contributed by atoms with Crippen molar-refractivity contribution in [1.82, 2.24) is 15.0 Å². The van der Waals surface area contributed by atoms with Crippen LogP contribution in [0.1, 0.15) is 52.0 Å². The van der Waals surface area contributed by atoms with Crippen LogP contribution in [0.3, 0.4) is 0 Å². The Kier molecular flexibility index (Phi) is 11.1. The summed E-state index contributed by atoms with van der Waals surface area (Å²) in [5, 5.41) is 6.32. The molecule has 208 valence electrons. The third-order valence-electron chi connectivity index (χ3n) is 5.66. The van der Waals surface area contributed by atoms with Crippen LogP contribution in [0.25, 0.3) is 6.08 Å². The fourth-order valence-corrected chi connectivity index (χ4v) is 4.48. The van der Waals surface area contributed by atoms with Crippen LogP contribution in [0, 0.1) is 0 Å². The van der Waals surface area contributed by atoms with E-state index in [2.05, 4.69) is 25.6 Å². The van der Waals surface area contributed by atoms with E-state index in [0.717, 1.165) is 25.9 Å². The Labute approximate surface area is 241 Å². The van der Waals surface area contributed by atoms with Crippen LogP contribution in [0.15, 0.2) is 34.4 Å². The van der Waals surface area contributed by atoms with Gasteiger partial charge < -0.3 is 15.4 Å². The van der Waals surface area contributed by atoms with Gasteiger partial charge in [-0.2, -0.15) is 15.0 Å². The Balaban J connectivity index is 0.000000272. The van der Waals surface area contributed by atoms with Gasteiger partial charge in [-0.25, -0.2) is 9.69 Å². The van der Waals surface area contributed by atoms with Crippen molar-refractivity contribution in [3.05, 3.63) is 50.2 Å². The summed E-state index contributed by atoms with van der Waals surface area (Å²) < 4.78 is 4.84. The molecule has 4 rings (SSSR count). The first kappa shape index (κ1) is 30.3. The molecule has 13 heteroatoms. The molecule has 0 unspecified atom stereocenters. The Morgan fingerprint density at radius 1 is 0.974 bits per heavy atom. The fourth-order valence-electron chi connectivity index (χ4n) is 3.97. The lowest BCUT2D eigenvalue weighted by Crippen LogP contribution is -2.31. The molecule has 0 bridgehead atoms. The summed E-state index contributed by atoms with van der Waals surface area (Å²) in [5.41, 5.74) is 2.04. The maximum atomic E-state index is 12.7. The quantitative estimate of drug-likeness (QED) is 0.227. The molecule has 0 saturated carbocycles. The van der Waals surface area contributed by atoms with E-state index < -0.39 is 5.97 Å². The largest absolute Gasteiger partial charge is 0.462 e. The molecule has 2 aliphatic rings. The average molecular weight is 596 g/mol. The molecule has 2 aromatic rings. The second kappa shape index (κ2) is 14.3. The van der Waals surface area contributed by atoms with Crippen molar-refractivity contribution in [3.63, 3.8) is 0 Å². The second-order valence-corrected chi connectivity index (χ2v) is 9.49. The molecule has 1 aliphatic heterocycles. The molecule has 0 fully saturated rings. The molecule has 2 heterocycles. The number of halogens is 3. The van der Waals surface area contributed by atoms with E-state index in [1.165, 1.54) is 11.0 Å². The van der Waals surface area contributed by atoms with Gasteiger partial charge in [-0.3, -0.25) is 9.59 Å². The number of anilines is 3. The highest BCUT2D eigenvalue weighted by Crippen LogP contribution is 2.37. The van der Waals surface area contributed by atoms with Crippen LogP contribution < -0.4 is 15.5 Å². The molecule has 0 radical (unpaired) electrons. The summed E-state index contributed by atoms with van der Waals surface area (Å²) in [6.45, 7) is 7.31. The lowest BCUT2D eigenvalue weighted by Gasteiger charge is -2.16. The Morgan fingerprint density at radius 2 is 1.54 bits per heavy atom. The van der Waals surface area contributed by atoms with Crippen molar-refractivity contribution in [3.8, 4) is 0 Å². The minimum Gasteiger partial charge on any atom is -0.462 e. The summed E-state index contributed by atoms with van der Waals surface area (Å²) in [7, 11) is 0. The number of rotatable bonds is 8. The summed E-state index contributed by atoms with van der Waals surface area (Å²) in [5.74, 6) is -0.227. The third-order valence-corrected chi connectivity index (χ3v) is 6.44. The van der Waals surface area contributed by atoms with Crippen LogP contribution in [-0.4, -0.2) is 52.4 Å². The number of aromatic nitrogens is 3. The molecule has 2 N–H and O–H groups in total. The summed E-state index contributed by atoms with van der Waals surface area (Å²) >= 11 is 17.8. The molecule has 1 aromatic carbocycles. The maximum absolute atomic E-state index is 12.7. The van der Waals surface area contributed by atoms with Crippen molar-refractivity contribution in [1.29, 1.82) is 0 Å². The van der Waals surface area contributed by atoms with E-state index in [9.17, 15) is 14.4 Å². The lowest BCUT2D eigenvalue weighted by atomic mass is 9.93. The molecule has 39 heavy (non-hydrogen) atoms. The summed E-state index contributed by atoms with van der Waals surface area (Å²) in [4.78, 5) is 50.1. The van der Waals surface area contributed by atoms with Gasteiger partial charge in [0, 0.05) is 29.3 Å². The molecule has 0 saturated heterocycles. The Morgan fingerprint density at radius 3 is 2.05 bits per heavy atom. The predicted octanol–water partition coefficient (Wildman–Crippen LogP) is 5.62. The molecule has 10 nitrogen and oxygen atoms in total. The number of amides is 2. The Bertz CT molecular complexity index is 1260. The summed E-state index contributed by atoms with van der Waals surface area (Å²) in [6.07, 6.45) is 4.45. The SMILES string of the molecule is CCNc1nc(Cl)nc(NCC)n1.CCOC(=O)/C(Cl)=C/c1cc(N2C(=O)C3=C(CCCC3)C2=O)ccc1Cl. The minimum absolute atomic E-state index is 0.137. The number of esters is 1. The molecule has 2 amide bonds. The minimum atomic E-state index is -0.666. The van der Waals surface area contributed by atoms with E-state index in [1.807, 2.05) is 13.8 Å². The predicted molar refractivity (Wildman–Crippen MR) is 153 cm³/mol. The number of imide groups is 1. The van der Waals surface area contributed by atoms with Gasteiger partial charge in [0.05, 0.1) is 12.3 Å². The van der Waals surface area contributed by atoms with Gasteiger partial charge in [0.15, 0.2) is 0 Å². The van der Waals surface area contributed by atoms with Crippen molar-refractivity contribution in [2.45, 2.75) is 46.5 Å². The first-order valence-electron chi connectivity index (χ1n) is 12.5. The Hall–Kier alpha value is -3.21. The van der Waals surface area contributed by atoms with Gasteiger partial charge in [0.25, 0.3) is 11.8 Å². The van der Waals surface area contributed by atoms with Crippen LogP contribution in [0.2, 0.25) is 10.3 Å². The zero-order valence-electron chi connectivity index (χ0n) is 21.8. The lowest BCUT2D eigenvalue weighted by molar-refractivity contribution is -0.137. The fraction of sp³-hybridized carbons (Fsp3) is 0.385. The molecule has 1 aliphatic carbocycles. The first-order valence-corrected chi connectivity index (χ1v) is 13.7. The van der Waals surface area contributed by atoms with Crippen LogP contribution >= 0.6 is 34.8 Å². The van der Waals surface area contributed by atoms with Crippen LogP contribution in [0.5, 0.6) is 0 Å². The molecule has 0 atom stereocenters. The van der Waals surface area contributed by atoms with E-state index in [4.69, 9.17) is 39.5 Å². The van der Waals surface area contributed by atoms with Crippen molar-refractivity contribution >= 4 is 76.2 Å². The van der Waals surface area contributed by atoms with Gasteiger partial charge in [-0.15, -0.1) is 0 Å². The summed E-state index contributed by atoms with van der Waals surface area (Å²) in [6, 6.07) is 4.74. The number of benzene rings is 1. The molecule has 1 aromatic heterocycles. The van der Waals surface area contributed by atoms with Crippen LogP contribution in [0.4, 0.5) is 17.6 Å². The topological polar surface area (TPSA) is 126 Å². The number of nitrogens with zero attached hydrogens (tertiary/aromatic N) is 4. The number of carbonyl (C=O) groups is 3. The number of carbonyl (C=O) groups excluding carboxylic acids is 3. The molecule has 0 spiro atoms. The van der Waals surface area contributed by atoms with Gasteiger partial charge >= 0.3 is 5.97 Å². The van der Waals surface area contributed by atoms with Crippen molar-refractivity contribution in [2.24, 2.45) is 0 Å². The number of hydrogen-bond donors (Lipinski definition) is 2. The highest BCUT2D eigenvalue weighted by atomic mass is 35.5. The van der Waals surface area contributed by atoms with E-state index in [1.54, 1.807) is 25.1 Å². The third kappa shape index (κ3) is 7.68. The van der Waals surface area contributed by atoms with Gasteiger partial charge in [0.2, 0.25) is 17.2 Å². The zero-order chi connectivity index (χ0) is 28.5. The normalized spacial score (nSPS) is 15.0. The molecular weight excluding hydrogens is 567 g/mol. The number of hydrogen-bond acceptors (Lipinski definition) is 9. The van der Waals surface area contributed by atoms with E-state index >= 15 is 0 Å². The van der Waals surface area contributed by atoms with E-state index in [0.29, 0.717) is 52.2 Å². The standard InChI is InChI=1S/C19H17Cl2NO4.C7H12ClN5/c1-2-26-19(25)16(21)10-11-9-12(7-8-15(11)20)22-17(23)13-5-3-4-6-14(13)18(22)24;1-3-9-6-11-5(8)12-7(13-6)10-4-2/h7-10H,2-6H2,1H3;3-4H2,1-2H3,(H2,9,10,11,12,13)/b16-10-;. The monoisotopic (exact) mass is 594 g/mol.